The molecule has 16 heavy (non-hydrogen) atoms. The first-order chi connectivity index (χ1) is 7.72. The molecule has 1 aromatic heterocycles. The summed E-state index contributed by atoms with van der Waals surface area (Å²) in [7, 11) is 1.31. The van der Waals surface area contributed by atoms with Crippen LogP contribution in [0.15, 0.2) is 12.7 Å². The summed E-state index contributed by atoms with van der Waals surface area (Å²) in [6.45, 7) is 0.771. The van der Waals surface area contributed by atoms with E-state index < -0.39 is 0 Å². The third-order valence-electron chi connectivity index (χ3n) is 1.91. The Morgan fingerprint density at radius 1 is 1.44 bits per heavy atom. The second-order valence-corrected chi connectivity index (χ2v) is 3.08. The molecule has 1 amide bonds. The molecule has 0 aliphatic rings. The maximum absolute atomic E-state index is 11.3. The summed E-state index contributed by atoms with van der Waals surface area (Å²) in [5.74, 6) is -0.462. The van der Waals surface area contributed by atoms with E-state index in [1.54, 1.807) is 11.0 Å². The predicted molar refractivity (Wildman–Crippen MR) is 54.3 cm³/mol. The van der Waals surface area contributed by atoms with Gasteiger partial charge in [-0.15, -0.1) is 0 Å². The minimum absolute atomic E-state index is 0.126. The van der Waals surface area contributed by atoms with E-state index in [9.17, 15) is 9.59 Å². The van der Waals surface area contributed by atoms with Crippen molar-refractivity contribution in [2.75, 3.05) is 13.7 Å². The van der Waals surface area contributed by atoms with Gasteiger partial charge in [-0.2, -0.15) is 5.10 Å². The number of rotatable bonds is 6. The number of carbonyl (C=O) groups is 2. The summed E-state index contributed by atoms with van der Waals surface area (Å²) < 4.78 is 6.01. The minimum Gasteiger partial charge on any atom is -0.469 e. The van der Waals surface area contributed by atoms with Crippen molar-refractivity contribution < 1.29 is 14.3 Å². The third-order valence-corrected chi connectivity index (χ3v) is 1.91. The molecule has 1 aromatic rings. The number of nitrogens with one attached hydrogen (secondary N) is 1. The summed E-state index contributed by atoms with van der Waals surface area (Å²) in [6, 6.07) is 0. The highest BCUT2D eigenvalue weighted by Gasteiger charge is 2.04. The summed E-state index contributed by atoms with van der Waals surface area (Å²) >= 11 is 0. The van der Waals surface area contributed by atoms with Crippen molar-refractivity contribution in [2.45, 2.75) is 19.4 Å². The normalized spacial score (nSPS) is 9.81. The molecule has 0 saturated heterocycles. The Morgan fingerprint density at radius 2 is 2.25 bits per heavy atom. The van der Waals surface area contributed by atoms with Gasteiger partial charge in [0, 0.05) is 13.0 Å². The lowest BCUT2D eigenvalue weighted by Crippen LogP contribution is -2.27. The Hall–Kier alpha value is -1.92. The first-order valence-electron chi connectivity index (χ1n) is 4.88. The van der Waals surface area contributed by atoms with Crippen LogP contribution < -0.4 is 5.32 Å². The van der Waals surface area contributed by atoms with Crippen LogP contribution in [-0.2, 0) is 20.9 Å². The van der Waals surface area contributed by atoms with Crippen molar-refractivity contribution in [3.05, 3.63) is 12.7 Å². The smallest absolute Gasteiger partial charge is 0.307 e. The monoisotopic (exact) mass is 226 g/mol. The Labute approximate surface area is 92.8 Å². The largest absolute Gasteiger partial charge is 0.469 e. The second kappa shape index (κ2) is 6.54. The molecule has 0 radical (unpaired) electrons. The first kappa shape index (κ1) is 12.2. The lowest BCUT2D eigenvalue weighted by atomic mass is 10.3. The molecule has 0 aromatic carbocycles. The molecule has 88 valence electrons. The third kappa shape index (κ3) is 4.54. The van der Waals surface area contributed by atoms with Gasteiger partial charge in [0.2, 0.25) is 5.91 Å². The van der Waals surface area contributed by atoms with Gasteiger partial charge in [-0.05, 0) is 0 Å². The summed E-state index contributed by atoms with van der Waals surface area (Å²) in [4.78, 5) is 25.8. The topological polar surface area (TPSA) is 86.1 Å². The molecule has 7 heteroatoms. The number of nitrogens with zero attached hydrogens (tertiary/aromatic N) is 3. The number of carbonyl (C=O) groups excluding carboxylic acids is 2. The fourth-order valence-electron chi connectivity index (χ4n) is 1.06. The van der Waals surface area contributed by atoms with Crippen molar-refractivity contribution in [2.24, 2.45) is 0 Å². The number of ether oxygens (including phenoxy) is 1. The van der Waals surface area contributed by atoms with Crippen molar-refractivity contribution in [1.29, 1.82) is 0 Å². The molecule has 7 nitrogen and oxygen atoms in total. The van der Waals surface area contributed by atoms with E-state index in [-0.39, 0.29) is 18.3 Å². The lowest BCUT2D eigenvalue weighted by Gasteiger charge is -2.04. The first-order valence-corrected chi connectivity index (χ1v) is 4.88. The van der Waals surface area contributed by atoms with Crippen LogP contribution in [0, 0.1) is 0 Å². The highest BCUT2D eigenvalue weighted by atomic mass is 16.5. The van der Waals surface area contributed by atoms with E-state index in [1.807, 2.05) is 0 Å². The van der Waals surface area contributed by atoms with Crippen LogP contribution in [-0.4, -0.2) is 40.3 Å². The van der Waals surface area contributed by atoms with Gasteiger partial charge in [-0.1, -0.05) is 0 Å². The van der Waals surface area contributed by atoms with Gasteiger partial charge in [0.05, 0.1) is 20.1 Å². The molecule has 1 heterocycles. The van der Waals surface area contributed by atoms with Gasteiger partial charge in [0.1, 0.15) is 12.7 Å². The zero-order valence-corrected chi connectivity index (χ0v) is 9.05. The fourth-order valence-corrected chi connectivity index (χ4v) is 1.06. The second-order valence-electron chi connectivity index (χ2n) is 3.08. The van der Waals surface area contributed by atoms with Crippen LogP contribution in [0.25, 0.3) is 0 Å². The average molecular weight is 226 g/mol. The molecular formula is C9H14N4O3. The van der Waals surface area contributed by atoms with Crippen LogP contribution >= 0.6 is 0 Å². The molecule has 1 rings (SSSR count). The van der Waals surface area contributed by atoms with Crippen LogP contribution in [0.2, 0.25) is 0 Å². The van der Waals surface area contributed by atoms with Gasteiger partial charge < -0.3 is 10.1 Å². The van der Waals surface area contributed by atoms with Crippen molar-refractivity contribution in [3.8, 4) is 0 Å². The quantitative estimate of drug-likeness (QED) is 0.651. The molecule has 1 N–H and O–H groups in total. The molecule has 0 aliphatic carbocycles. The number of hydrogen-bond acceptors (Lipinski definition) is 5. The molecule has 0 saturated carbocycles. The van der Waals surface area contributed by atoms with Gasteiger partial charge in [-0.25, -0.2) is 4.98 Å². The van der Waals surface area contributed by atoms with E-state index in [0.29, 0.717) is 19.5 Å². The Morgan fingerprint density at radius 3 is 2.88 bits per heavy atom. The molecule has 0 fully saturated rings. The summed E-state index contributed by atoms with van der Waals surface area (Å²) in [6.07, 6.45) is 3.45. The zero-order chi connectivity index (χ0) is 11.8. The number of esters is 1. The van der Waals surface area contributed by atoms with E-state index in [0.717, 1.165) is 0 Å². The van der Waals surface area contributed by atoms with Crippen LogP contribution in [0.5, 0.6) is 0 Å². The van der Waals surface area contributed by atoms with Crippen LogP contribution in [0.3, 0.4) is 0 Å². The average Bonchev–Trinajstić information content (AvgIpc) is 2.79. The number of aromatic nitrogens is 3. The maximum Gasteiger partial charge on any atom is 0.307 e. The van der Waals surface area contributed by atoms with Crippen LogP contribution in [0.1, 0.15) is 12.8 Å². The Kier molecular flexibility index (Phi) is 4.97. The fraction of sp³-hybridized carbons (Fsp3) is 0.556. The van der Waals surface area contributed by atoms with Gasteiger partial charge in [0.25, 0.3) is 0 Å². The van der Waals surface area contributed by atoms with Crippen LogP contribution in [0.4, 0.5) is 0 Å². The van der Waals surface area contributed by atoms with E-state index in [1.165, 1.54) is 13.4 Å². The molecule has 0 aliphatic heterocycles. The number of hydrogen-bond donors (Lipinski definition) is 1. The highest BCUT2D eigenvalue weighted by Crippen LogP contribution is 1.88. The number of methoxy groups -OCH3 is 1. The molecule has 0 atom stereocenters. The molecule has 0 bridgehead atoms. The highest BCUT2D eigenvalue weighted by molar-refractivity contribution is 5.76. The van der Waals surface area contributed by atoms with Crippen molar-refractivity contribution >= 4 is 11.9 Å². The Bertz CT molecular complexity index is 337. The Balaban J connectivity index is 2.09. The van der Waals surface area contributed by atoms with E-state index in [4.69, 9.17) is 0 Å². The van der Waals surface area contributed by atoms with E-state index >= 15 is 0 Å². The molecule has 0 unspecified atom stereocenters. The lowest BCUT2D eigenvalue weighted by molar-refractivity contribution is -0.140. The standard InChI is InChI=1S/C9H14N4O3/c1-16-9(15)2-4-11-8(14)3-5-13-7-10-6-12-13/h6-7H,2-5H2,1H3,(H,11,14). The maximum atomic E-state index is 11.3. The number of aryl methyl sites for hydroxylation is 1. The minimum atomic E-state index is -0.337. The van der Waals surface area contributed by atoms with Crippen molar-refractivity contribution in [3.63, 3.8) is 0 Å². The predicted octanol–water partition coefficient (Wildman–Crippen LogP) is -0.652. The van der Waals surface area contributed by atoms with Crippen molar-refractivity contribution in [1.82, 2.24) is 20.1 Å². The number of amides is 1. The summed E-state index contributed by atoms with van der Waals surface area (Å²) in [5.41, 5.74) is 0. The van der Waals surface area contributed by atoms with Gasteiger partial charge >= 0.3 is 5.97 Å². The SMILES string of the molecule is COC(=O)CCNC(=O)CCn1cncn1. The van der Waals surface area contributed by atoms with E-state index in [2.05, 4.69) is 20.1 Å². The zero-order valence-electron chi connectivity index (χ0n) is 9.05. The molecule has 0 spiro atoms. The molecular weight excluding hydrogens is 212 g/mol. The van der Waals surface area contributed by atoms with Gasteiger partial charge in [-0.3, -0.25) is 14.3 Å². The van der Waals surface area contributed by atoms with Gasteiger partial charge in [0.15, 0.2) is 0 Å². The summed E-state index contributed by atoms with van der Waals surface area (Å²) in [5, 5.41) is 6.47.